The van der Waals surface area contributed by atoms with E-state index in [1.165, 1.54) is 20.8 Å². The lowest BCUT2D eigenvalue weighted by atomic mass is 9.74. The second kappa shape index (κ2) is 3.61. The summed E-state index contributed by atoms with van der Waals surface area (Å²) in [5.41, 5.74) is -1.15. The summed E-state index contributed by atoms with van der Waals surface area (Å²) >= 11 is 0. The first kappa shape index (κ1) is 11.0. The summed E-state index contributed by atoms with van der Waals surface area (Å²) in [6.45, 7) is 5.80. The second-order valence-corrected chi connectivity index (χ2v) is 3.29. The first-order chi connectivity index (χ1) is 5.36. The summed E-state index contributed by atoms with van der Waals surface area (Å²) in [6, 6.07) is 0. The minimum atomic E-state index is -1.15. The normalized spacial score (nSPS) is 17.7. The molecule has 0 saturated carbocycles. The summed E-state index contributed by atoms with van der Waals surface area (Å²) in [6.07, 6.45) is 0.557. The first-order valence-electron chi connectivity index (χ1n) is 3.84. The molecule has 68 valence electrons. The van der Waals surface area contributed by atoms with Gasteiger partial charge in [0.1, 0.15) is 17.9 Å². The summed E-state index contributed by atoms with van der Waals surface area (Å²) in [5.74, 6) is -0.937. The predicted molar refractivity (Wildman–Crippen MR) is 44.7 cm³/mol. The van der Waals surface area contributed by atoms with Gasteiger partial charge < -0.3 is 4.79 Å². The zero-order chi connectivity index (χ0) is 9.94. The van der Waals surface area contributed by atoms with E-state index < -0.39 is 11.3 Å². The molecule has 2 atom stereocenters. The number of ketones is 2. The smallest absolute Gasteiger partial charge is 0.143 e. The van der Waals surface area contributed by atoms with Gasteiger partial charge in [-0.15, -0.1) is 0 Å². The molecule has 0 fully saturated rings. The van der Waals surface area contributed by atoms with Gasteiger partial charge in [-0.05, 0) is 20.8 Å². The van der Waals surface area contributed by atoms with Crippen LogP contribution in [0.5, 0.6) is 0 Å². The molecule has 0 N–H and O–H groups in total. The van der Waals surface area contributed by atoms with Gasteiger partial charge in [0.25, 0.3) is 0 Å². The maximum atomic E-state index is 11.1. The minimum absolute atomic E-state index is 0.139. The molecule has 0 aliphatic rings. The molecular weight excluding hydrogens is 156 g/mol. The van der Waals surface area contributed by atoms with Gasteiger partial charge in [0.15, 0.2) is 0 Å². The molecule has 0 rings (SSSR count). The van der Waals surface area contributed by atoms with Crippen LogP contribution < -0.4 is 0 Å². The molecular formula is C9H14O3. The van der Waals surface area contributed by atoms with E-state index in [1.807, 2.05) is 0 Å². The van der Waals surface area contributed by atoms with Crippen molar-refractivity contribution in [3.05, 3.63) is 0 Å². The third-order valence-electron chi connectivity index (χ3n) is 2.51. The highest BCUT2D eigenvalue weighted by atomic mass is 16.1. The number of hydrogen-bond donors (Lipinski definition) is 0. The number of hydrogen-bond acceptors (Lipinski definition) is 3. The molecule has 2 unspecified atom stereocenters. The van der Waals surface area contributed by atoms with Crippen molar-refractivity contribution in [3.8, 4) is 0 Å². The summed E-state index contributed by atoms with van der Waals surface area (Å²) in [5, 5.41) is 0. The molecule has 0 amide bonds. The second-order valence-electron chi connectivity index (χ2n) is 3.29. The summed E-state index contributed by atoms with van der Waals surface area (Å²) in [4.78, 5) is 32.6. The van der Waals surface area contributed by atoms with E-state index in [-0.39, 0.29) is 11.6 Å². The average Bonchev–Trinajstić information content (AvgIpc) is 2.01. The lowest BCUT2D eigenvalue weighted by Gasteiger charge is -2.24. The maximum absolute atomic E-state index is 11.1. The van der Waals surface area contributed by atoms with Crippen LogP contribution in [0.2, 0.25) is 0 Å². The van der Waals surface area contributed by atoms with Crippen LogP contribution in [0, 0.1) is 11.3 Å². The van der Waals surface area contributed by atoms with Crippen LogP contribution in [-0.2, 0) is 14.4 Å². The Morgan fingerprint density at radius 3 is 1.83 bits per heavy atom. The third kappa shape index (κ3) is 1.78. The van der Waals surface area contributed by atoms with Gasteiger partial charge in [-0.3, -0.25) is 9.59 Å². The lowest BCUT2D eigenvalue weighted by Crippen LogP contribution is -2.37. The molecule has 3 heteroatoms. The van der Waals surface area contributed by atoms with Crippen LogP contribution in [-0.4, -0.2) is 17.9 Å². The van der Waals surface area contributed by atoms with Crippen molar-refractivity contribution in [2.45, 2.75) is 27.7 Å². The van der Waals surface area contributed by atoms with Gasteiger partial charge in [-0.25, -0.2) is 0 Å². The standard InChI is InChI=1S/C9H14O3/c1-6(7(2)11)9(4,5-10)8(3)12/h5-6H,1-4H3. The minimum Gasteiger partial charge on any atom is -0.302 e. The Bertz CT molecular complexity index is 220. The highest BCUT2D eigenvalue weighted by molar-refractivity contribution is 6.01. The van der Waals surface area contributed by atoms with Crippen molar-refractivity contribution in [1.29, 1.82) is 0 Å². The average molecular weight is 170 g/mol. The molecule has 0 heterocycles. The number of aldehydes is 1. The monoisotopic (exact) mass is 170 g/mol. The van der Waals surface area contributed by atoms with Crippen molar-refractivity contribution in [2.24, 2.45) is 11.3 Å². The maximum Gasteiger partial charge on any atom is 0.143 e. The Kier molecular flexibility index (Phi) is 3.31. The first-order valence-corrected chi connectivity index (χ1v) is 3.84. The molecule has 0 aliphatic heterocycles. The molecule has 0 bridgehead atoms. The van der Waals surface area contributed by atoms with Crippen LogP contribution in [0.3, 0.4) is 0 Å². The Hall–Kier alpha value is -0.990. The zero-order valence-electron chi connectivity index (χ0n) is 7.88. The van der Waals surface area contributed by atoms with E-state index >= 15 is 0 Å². The lowest BCUT2D eigenvalue weighted by molar-refractivity contribution is -0.140. The summed E-state index contributed by atoms with van der Waals surface area (Å²) in [7, 11) is 0. The molecule has 3 nitrogen and oxygen atoms in total. The molecule has 0 aromatic rings. The van der Waals surface area contributed by atoms with Gasteiger partial charge >= 0.3 is 0 Å². The Morgan fingerprint density at radius 1 is 1.33 bits per heavy atom. The molecule has 0 radical (unpaired) electrons. The quantitative estimate of drug-likeness (QED) is 0.467. The molecule has 0 aliphatic carbocycles. The molecule has 0 aromatic heterocycles. The van der Waals surface area contributed by atoms with Crippen LogP contribution >= 0.6 is 0 Å². The Labute approximate surface area is 72.1 Å². The zero-order valence-corrected chi connectivity index (χ0v) is 7.88. The van der Waals surface area contributed by atoms with Crippen molar-refractivity contribution >= 4 is 17.9 Å². The van der Waals surface area contributed by atoms with E-state index in [0.29, 0.717) is 6.29 Å². The largest absolute Gasteiger partial charge is 0.302 e. The number of Topliss-reactive ketones (excluding diaryl/α,β-unsaturated/α-hetero) is 2. The van der Waals surface area contributed by atoms with Crippen LogP contribution in [0.25, 0.3) is 0 Å². The number of rotatable bonds is 4. The van der Waals surface area contributed by atoms with Crippen molar-refractivity contribution in [2.75, 3.05) is 0 Å². The highest BCUT2D eigenvalue weighted by Gasteiger charge is 2.38. The van der Waals surface area contributed by atoms with Gasteiger partial charge in [-0.2, -0.15) is 0 Å². The van der Waals surface area contributed by atoms with Gasteiger partial charge in [0, 0.05) is 5.92 Å². The third-order valence-corrected chi connectivity index (χ3v) is 2.51. The predicted octanol–water partition coefficient (Wildman–Crippen LogP) is 1.01. The number of carbonyl (C=O) groups is 3. The summed E-state index contributed by atoms with van der Waals surface area (Å²) < 4.78 is 0. The fourth-order valence-corrected chi connectivity index (χ4v) is 0.912. The van der Waals surface area contributed by atoms with Crippen molar-refractivity contribution < 1.29 is 14.4 Å². The Balaban J connectivity index is 4.87. The fourth-order valence-electron chi connectivity index (χ4n) is 0.912. The molecule has 0 saturated heterocycles. The van der Waals surface area contributed by atoms with E-state index in [0.717, 1.165) is 0 Å². The molecule has 0 aromatic carbocycles. The van der Waals surface area contributed by atoms with Gasteiger partial charge in [0.05, 0.1) is 5.41 Å². The van der Waals surface area contributed by atoms with E-state index in [9.17, 15) is 14.4 Å². The molecule has 0 spiro atoms. The molecule has 12 heavy (non-hydrogen) atoms. The van der Waals surface area contributed by atoms with Crippen LogP contribution in [0.15, 0.2) is 0 Å². The Morgan fingerprint density at radius 2 is 1.75 bits per heavy atom. The number of carbonyl (C=O) groups excluding carboxylic acids is 3. The SMILES string of the molecule is CC(=O)C(C)C(C)(C=O)C(C)=O. The van der Waals surface area contributed by atoms with E-state index in [2.05, 4.69) is 0 Å². The van der Waals surface area contributed by atoms with E-state index in [1.54, 1.807) is 6.92 Å². The van der Waals surface area contributed by atoms with Crippen LogP contribution in [0.1, 0.15) is 27.7 Å². The highest BCUT2D eigenvalue weighted by Crippen LogP contribution is 2.26. The van der Waals surface area contributed by atoms with Crippen molar-refractivity contribution in [1.82, 2.24) is 0 Å². The topological polar surface area (TPSA) is 51.2 Å². The van der Waals surface area contributed by atoms with Gasteiger partial charge in [-0.1, -0.05) is 6.92 Å². The van der Waals surface area contributed by atoms with Crippen LogP contribution in [0.4, 0.5) is 0 Å². The van der Waals surface area contributed by atoms with Gasteiger partial charge in [0.2, 0.25) is 0 Å². The van der Waals surface area contributed by atoms with Crippen molar-refractivity contribution in [3.63, 3.8) is 0 Å². The fraction of sp³-hybridized carbons (Fsp3) is 0.667. The van der Waals surface area contributed by atoms with E-state index in [4.69, 9.17) is 0 Å².